The summed E-state index contributed by atoms with van der Waals surface area (Å²) in [6.45, 7) is 1.48. The maximum Gasteiger partial charge on any atom is 0.420 e. The third-order valence-electron chi connectivity index (χ3n) is 2.93. The van der Waals surface area contributed by atoms with Crippen LogP contribution in [0.5, 0.6) is 17.2 Å². The van der Waals surface area contributed by atoms with E-state index < -0.39 is 23.1 Å². The molecule has 0 unspecified atom stereocenters. The van der Waals surface area contributed by atoms with Crippen molar-refractivity contribution in [3.63, 3.8) is 0 Å². The monoisotopic (exact) mass is 378 g/mol. The summed E-state index contributed by atoms with van der Waals surface area (Å²) in [4.78, 5) is 10.9. The quantitative estimate of drug-likeness (QED) is 0.627. The predicted octanol–water partition coefficient (Wildman–Crippen LogP) is 5.68. The van der Waals surface area contributed by atoms with E-state index in [-0.39, 0.29) is 16.5 Å². The lowest BCUT2D eigenvalue weighted by Gasteiger charge is -2.15. The van der Waals surface area contributed by atoms with Gasteiger partial charge in [-0.1, -0.05) is 11.6 Å². The van der Waals surface area contributed by atoms with Crippen LogP contribution in [-0.2, 0) is 11.0 Å². The van der Waals surface area contributed by atoms with E-state index in [1.165, 1.54) is 37.3 Å². The Balaban J connectivity index is 2.19. The molecule has 0 aromatic heterocycles. The SMILES string of the molecule is C[C@@H](Oc1ccc(Oc2ccc(Cl)cc2C(F)(F)F)cc1)C(=O)Cl. The summed E-state index contributed by atoms with van der Waals surface area (Å²) < 4.78 is 49.5. The number of benzene rings is 2. The van der Waals surface area contributed by atoms with Crippen molar-refractivity contribution >= 4 is 28.4 Å². The van der Waals surface area contributed by atoms with E-state index in [9.17, 15) is 18.0 Å². The molecule has 2 rings (SSSR count). The number of carbonyl (C=O) groups excluding carboxylic acids is 1. The normalized spacial score (nSPS) is 12.6. The molecule has 0 amide bonds. The van der Waals surface area contributed by atoms with Crippen molar-refractivity contribution in [2.24, 2.45) is 0 Å². The predicted molar refractivity (Wildman–Crippen MR) is 83.9 cm³/mol. The summed E-state index contributed by atoms with van der Waals surface area (Å²) in [7, 11) is 0. The molecule has 0 bridgehead atoms. The molecule has 2 aromatic carbocycles. The lowest BCUT2D eigenvalue weighted by atomic mass is 10.2. The van der Waals surface area contributed by atoms with E-state index in [0.29, 0.717) is 5.75 Å². The molecule has 0 fully saturated rings. The molecule has 2 aromatic rings. The Labute approximate surface area is 145 Å². The van der Waals surface area contributed by atoms with Crippen LogP contribution in [0.3, 0.4) is 0 Å². The number of hydrogen-bond donors (Lipinski definition) is 0. The van der Waals surface area contributed by atoms with Gasteiger partial charge in [0.05, 0.1) is 5.56 Å². The van der Waals surface area contributed by atoms with Crippen molar-refractivity contribution in [1.82, 2.24) is 0 Å². The van der Waals surface area contributed by atoms with Crippen molar-refractivity contribution in [1.29, 1.82) is 0 Å². The zero-order valence-electron chi connectivity index (χ0n) is 12.2. The van der Waals surface area contributed by atoms with Crippen LogP contribution in [0.2, 0.25) is 5.02 Å². The summed E-state index contributed by atoms with van der Waals surface area (Å²) in [6, 6.07) is 8.97. The fourth-order valence-electron chi connectivity index (χ4n) is 1.78. The van der Waals surface area contributed by atoms with Gasteiger partial charge in [-0.2, -0.15) is 13.2 Å². The maximum atomic E-state index is 13.0. The van der Waals surface area contributed by atoms with Crippen LogP contribution in [0.1, 0.15) is 12.5 Å². The first-order valence-electron chi connectivity index (χ1n) is 6.67. The lowest BCUT2D eigenvalue weighted by molar-refractivity contribution is -0.138. The van der Waals surface area contributed by atoms with Crippen molar-refractivity contribution in [2.45, 2.75) is 19.2 Å². The Hall–Kier alpha value is -1.92. The fourth-order valence-corrected chi connectivity index (χ4v) is 1.99. The third-order valence-corrected chi connectivity index (χ3v) is 3.47. The minimum Gasteiger partial charge on any atom is -0.482 e. The molecule has 0 aliphatic rings. The number of carbonyl (C=O) groups is 1. The highest BCUT2D eigenvalue weighted by molar-refractivity contribution is 6.64. The highest BCUT2D eigenvalue weighted by atomic mass is 35.5. The topological polar surface area (TPSA) is 35.5 Å². The van der Waals surface area contributed by atoms with Crippen LogP contribution in [0.4, 0.5) is 13.2 Å². The Morgan fingerprint density at radius 2 is 1.67 bits per heavy atom. The zero-order valence-corrected chi connectivity index (χ0v) is 13.7. The van der Waals surface area contributed by atoms with Crippen LogP contribution in [0.25, 0.3) is 0 Å². The van der Waals surface area contributed by atoms with Gasteiger partial charge in [0.25, 0.3) is 5.24 Å². The summed E-state index contributed by atoms with van der Waals surface area (Å²) in [5, 5.41) is -0.704. The van der Waals surface area contributed by atoms with Gasteiger partial charge in [0, 0.05) is 5.02 Å². The Kier molecular flexibility index (Phi) is 5.62. The smallest absolute Gasteiger partial charge is 0.420 e. The first-order chi connectivity index (χ1) is 11.2. The minimum atomic E-state index is -4.60. The molecule has 0 saturated carbocycles. The summed E-state index contributed by atoms with van der Waals surface area (Å²) in [6.07, 6.45) is -5.44. The average molecular weight is 379 g/mol. The molecule has 0 aliphatic carbocycles. The second-order valence-corrected chi connectivity index (χ2v) is 5.58. The summed E-state index contributed by atoms with van der Waals surface area (Å²) >= 11 is 10.9. The fraction of sp³-hybridized carbons (Fsp3) is 0.188. The number of hydrogen-bond acceptors (Lipinski definition) is 3. The van der Waals surface area contributed by atoms with E-state index >= 15 is 0 Å². The highest BCUT2D eigenvalue weighted by Gasteiger charge is 2.34. The van der Waals surface area contributed by atoms with Crippen molar-refractivity contribution in [3.05, 3.63) is 53.1 Å². The molecule has 0 N–H and O–H groups in total. The molecule has 0 heterocycles. The third kappa shape index (κ3) is 4.79. The van der Waals surface area contributed by atoms with Crippen molar-refractivity contribution in [2.75, 3.05) is 0 Å². The first kappa shape index (κ1) is 18.4. The molecule has 128 valence electrons. The molecular weight excluding hydrogens is 368 g/mol. The zero-order chi connectivity index (χ0) is 17.9. The van der Waals surface area contributed by atoms with Gasteiger partial charge in [0.15, 0.2) is 6.10 Å². The van der Waals surface area contributed by atoms with Crippen molar-refractivity contribution < 1.29 is 27.4 Å². The molecule has 8 heteroatoms. The van der Waals surface area contributed by atoms with Gasteiger partial charge in [-0.15, -0.1) is 0 Å². The molecular formula is C16H11Cl2F3O3. The minimum absolute atomic E-state index is 0.0434. The molecule has 3 nitrogen and oxygen atoms in total. The van der Waals surface area contributed by atoms with Gasteiger partial charge in [-0.25, -0.2) is 0 Å². The molecule has 0 radical (unpaired) electrons. The second-order valence-electron chi connectivity index (χ2n) is 4.78. The largest absolute Gasteiger partial charge is 0.482 e. The Bertz CT molecular complexity index is 730. The standard InChI is InChI=1S/C16H11Cl2F3O3/c1-9(15(18)22)23-11-3-5-12(6-4-11)24-14-7-2-10(17)8-13(14)16(19,20)21/h2-9H,1H3/t9-/m1/s1. The van der Waals surface area contributed by atoms with Crippen LogP contribution >= 0.6 is 23.2 Å². The molecule has 1 atom stereocenters. The summed E-state index contributed by atoms with van der Waals surface area (Å²) in [5.41, 5.74) is -0.975. The average Bonchev–Trinajstić information content (AvgIpc) is 2.49. The van der Waals surface area contributed by atoms with Gasteiger partial charge in [-0.05, 0) is 61.0 Å². The summed E-state index contributed by atoms with van der Waals surface area (Å²) in [5.74, 6) is 0.126. The van der Waals surface area contributed by atoms with E-state index in [1.54, 1.807) is 0 Å². The molecule has 0 saturated heterocycles. The number of alkyl halides is 3. The first-order valence-corrected chi connectivity index (χ1v) is 7.43. The Morgan fingerprint density at radius 3 is 2.21 bits per heavy atom. The van der Waals surface area contributed by atoms with Crippen LogP contribution in [0, 0.1) is 0 Å². The van der Waals surface area contributed by atoms with Crippen LogP contribution in [0.15, 0.2) is 42.5 Å². The molecule has 0 aliphatic heterocycles. The van der Waals surface area contributed by atoms with E-state index in [4.69, 9.17) is 32.7 Å². The van der Waals surface area contributed by atoms with Crippen LogP contribution < -0.4 is 9.47 Å². The van der Waals surface area contributed by atoms with Gasteiger partial charge in [0.2, 0.25) is 0 Å². The van der Waals surface area contributed by atoms with E-state index in [2.05, 4.69) is 0 Å². The van der Waals surface area contributed by atoms with Crippen LogP contribution in [-0.4, -0.2) is 11.3 Å². The number of ether oxygens (including phenoxy) is 2. The number of halogens is 5. The van der Waals surface area contributed by atoms with Gasteiger partial charge in [0.1, 0.15) is 17.2 Å². The Morgan fingerprint density at radius 1 is 1.08 bits per heavy atom. The highest BCUT2D eigenvalue weighted by Crippen LogP contribution is 2.39. The van der Waals surface area contributed by atoms with Gasteiger partial charge < -0.3 is 9.47 Å². The molecule has 24 heavy (non-hydrogen) atoms. The van der Waals surface area contributed by atoms with Gasteiger partial charge >= 0.3 is 6.18 Å². The van der Waals surface area contributed by atoms with E-state index in [0.717, 1.165) is 12.1 Å². The van der Waals surface area contributed by atoms with E-state index in [1.807, 2.05) is 0 Å². The maximum absolute atomic E-state index is 13.0. The second kappa shape index (κ2) is 7.32. The lowest BCUT2D eigenvalue weighted by Crippen LogP contribution is -2.18. The van der Waals surface area contributed by atoms with Crippen molar-refractivity contribution in [3.8, 4) is 17.2 Å². The number of rotatable bonds is 5. The van der Waals surface area contributed by atoms with Gasteiger partial charge in [-0.3, -0.25) is 4.79 Å². The molecule has 0 spiro atoms.